The Morgan fingerprint density at radius 1 is 1.37 bits per heavy atom. The largest absolute Gasteiger partial charge is 0.397 e. The lowest BCUT2D eigenvalue weighted by Gasteiger charge is -2.22. The number of carbonyl (C=O) groups excluding carboxylic acids is 1. The first-order valence-electron chi connectivity index (χ1n) is 6.99. The van der Waals surface area contributed by atoms with Crippen LogP contribution >= 0.6 is 0 Å². The van der Waals surface area contributed by atoms with Crippen LogP contribution in [0.2, 0.25) is 0 Å². The van der Waals surface area contributed by atoms with Gasteiger partial charge in [0.2, 0.25) is 0 Å². The van der Waals surface area contributed by atoms with E-state index >= 15 is 0 Å². The number of nitrogens with two attached hydrogens (primary N) is 1. The van der Waals surface area contributed by atoms with Crippen molar-refractivity contribution in [2.24, 2.45) is 0 Å². The number of nitrogen functional groups attached to an aromatic ring is 1. The van der Waals surface area contributed by atoms with Gasteiger partial charge in [0, 0.05) is 25.8 Å². The molecular formula is C14H25N3O2. The predicted octanol–water partition coefficient (Wildman–Crippen LogP) is 1.71. The van der Waals surface area contributed by atoms with Crippen LogP contribution in [-0.2, 0) is 6.54 Å². The zero-order chi connectivity index (χ0) is 14.3. The van der Waals surface area contributed by atoms with E-state index in [-0.39, 0.29) is 12.5 Å². The van der Waals surface area contributed by atoms with Crippen LogP contribution in [0, 0.1) is 0 Å². The third-order valence-corrected chi connectivity index (χ3v) is 3.04. The molecule has 108 valence electrons. The molecule has 0 unspecified atom stereocenters. The summed E-state index contributed by atoms with van der Waals surface area (Å²) in [4.78, 5) is 14.2. The molecule has 1 aromatic rings. The molecular weight excluding hydrogens is 242 g/mol. The van der Waals surface area contributed by atoms with Gasteiger partial charge in [-0.05, 0) is 18.9 Å². The van der Waals surface area contributed by atoms with Gasteiger partial charge in [0.05, 0.1) is 12.3 Å². The Bertz CT molecular complexity index is 401. The average molecular weight is 267 g/mol. The van der Waals surface area contributed by atoms with Crippen LogP contribution in [0.4, 0.5) is 5.69 Å². The van der Waals surface area contributed by atoms with Crippen molar-refractivity contribution < 1.29 is 9.90 Å². The molecule has 1 heterocycles. The summed E-state index contributed by atoms with van der Waals surface area (Å²) in [6.45, 7) is 5.95. The topological polar surface area (TPSA) is 71.5 Å². The molecule has 0 radical (unpaired) electrons. The first kappa shape index (κ1) is 15.6. The standard InChI is InChI=1S/C14H25N3O2/c1-3-5-7-16(8-9-18)14(19)13-10-12(15)11-17(13)6-4-2/h10-11,18H,3-9,15H2,1-2H3. The molecule has 1 aromatic heterocycles. The normalized spacial score (nSPS) is 10.7. The van der Waals surface area contributed by atoms with Crippen molar-refractivity contribution in [1.29, 1.82) is 0 Å². The van der Waals surface area contributed by atoms with Crippen molar-refractivity contribution in [3.8, 4) is 0 Å². The number of hydrogen-bond acceptors (Lipinski definition) is 3. The second-order valence-electron chi connectivity index (χ2n) is 4.72. The van der Waals surface area contributed by atoms with Crippen molar-refractivity contribution in [2.75, 3.05) is 25.4 Å². The van der Waals surface area contributed by atoms with Gasteiger partial charge in [0.15, 0.2) is 0 Å². The van der Waals surface area contributed by atoms with Gasteiger partial charge in [-0.1, -0.05) is 20.3 Å². The summed E-state index contributed by atoms with van der Waals surface area (Å²) in [5, 5.41) is 9.08. The Balaban J connectivity index is 2.88. The molecule has 0 atom stereocenters. The van der Waals surface area contributed by atoms with Gasteiger partial charge in [-0.25, -0.2) is 0 Å². The lowest BCUT2D eigenvalue weighted by Crippen LogP contribution is -2.35. The molecule has 0 saturated carbocycles. The highest BCUT2D eigenvalue weighted by Gasteiger charge is 2.19. The molecule has 19 heavy (non-hydrogen) atoms. The van der Waals surface area contributed by atoms with Gasteiger partial charge in [0.1, 0.15) is 5.69 Å². The minimum absolute atomic E-state index is 0.0145. The van der Waals surface area contributed by atoms with Gasteiger partial charge in [-0.15, -0.1) is 0 Å². The van der Waals surface area contributed by atoms with Crippen molar-refractivity contribution in [2.45, 2.75) is 39.7 Å². The third kappa shape index (κ3) is 4.28. The highest BCUT2D eigenvalue weighted by Crippen LogP contribution is 2.14. The van der Waals surface area contributed by atoms with E-state index in [0.717, 1.165) is 25.8 Å². The van der Waals surface area contributed by atoms with Gasteiger partial charge in [-0.3, -0.25) is 4.79 Å². The first-order valence-corrected chi connectivity index (χ1v) is 6.99. The van der Waals surface area contributed by atoms with Crippen LogP contribution in [0.1, 0.15) is 43.6 Å². The van der Waals surface area contributed by atoms with E-state index in [9.17, 15) is 4.79 Å². The number of aromatic nitrogens is 1. The highest BCUT2D eigenvalue weighted by molar-refractivity contribution is 5.93. The van der Waals surface area contributed by atoms with E-state index in [2.05, 4.69) is 13.8 Å². The molecule has 0 spiro atoms. The molecule has 0 saturated heterocycles. The number of anilines is 1. The fourth-order valence-corrected chi connectivity index (χ4v) is 2.08. The van der Waals surface area contributed by atoms with Crippen molar-refractivity contribution in [3.05, 3.63) is 18.0 Å². The van der Waals surface area contributed by atoms with Crippen LogP contribution in [0.25, 0.3) is 0 Å². The number of rotatable bonds is 8. The lowest BCUT2D eigenvalue weighted by atomic mass is 10.2. The van der Waals surface area contributed by atoms with E-state index in [1.165, 1.54) is 0 Å². The monoisotopic (exact) mass is 267 g/mol. The summed E-state index contributed by atoms with van der Waals surface area (Å²) >= 11 is 0. The van der Waals surface area contributed by atoms with E-state index in [1.54, 1.807) is 17.2 Å². The van der Waals surface area contributed by atoms with Crippen molar-refractivity contribution in [3.63, 3.8) is 0 Å². The molecule has 3 N–H and O–H groups in total. The minimum atomic E-state index is -0.0485. The summed E-state index contributed by atoms with van der Waals surface area (Å²) < 4.78 is 1.90. The molecule has 0 aliphatic rings. The number of aliphatic hydroxyl groups is 1. The number of hydrogen-bond donors (Lipinski definition) is 2. The summed E-state index contributed by atoms with van der Waals surface area (Å²) in [7, 11) is 0. The van der Waals surface area contributed by atoms with Crippen LogP contribution < -0.4 is 5.73 Å². The Labute approximate surface area is 115 Å². The minimum Gasteiger partial charge on any atom is -0.397 e. The first-order chi connectivity index (χ1) is 9.13. The number of unbranched alkanes of at least 4 members (excludes halogenated alkanes) is 1. The lowest BCUT2D eigenvalue weighted by molar-refractivity contribution is 0.0708. The molecule has 0 bridgehead atoms. The maximum atomic E-state index is 12.5. The maximum Gasteiger partial charge on any atom is 0.270 e. The Morgan fingerprint density at radius 3 is 2.68 bits per heavy atom. The SMILES string of the molecule is CCCCN(CCO)C(=O)c1cc(N)cn1CCC. The summed E-state index contributed by atoms with van der Waals surface area (Å²) in [5.41, 5.74) is 7.00. The van der Waals surface area contributed by atoms with Crippen molar-refractivity contribution in [1.82, 2.24) is 9.47 Å². The molecule has 0 aliphatic heterocycles. The second kappa shape index (κ2) is 7.84. The second-order valence-corrected chi connectivity index (χ2v) is 4.72. The number of aryl methyl sites for hydroxylation is 1. The summed E-state index contributed by atoms with van der Waals surface area (Å²) in [6.07, 6.45) is 4.71. The fourth-order valence-electron chi connectivity index (χ4n) is 2.08. The van der Waals surface area contributed by atoms with Gasteiger partial charge >= 0.3 is 0 Å². The molecule has 1 amide bonds. The number of carbonyl (C=O) groups is 1. The Hall–Kier alpha value is -1.49. The Kier molecular flexibility index (Phi) is 6.42. The number of nitrogens with zero attached hydrogens (tertiary/aromatic N) is 2. The van der Waals surface area contributed by atoms with E-state index < -0.39 is 0 Å². The van der Waals surface area contributed by atoms with Gasteiger partial charge in [-0.2, -0.15) is 0 Å². The van der Waals surface area contributed by atoms with E-state index in [0.29, 0.717) is 24.5 Å². The average Bonchev–Trinajstić information content (AvgIpc) is 2.75. The smallest absolute Gasteiger partial charge is 0.270 e. The quantitative estimate of drug-likeness (QED) is 0.753. The van der Waals surface area contributed by atoms with Crippen LogP contribution in [0.15, 0.2) is 12.3 Å². The van der Waals surface area contributed by atoms with E-state index in [1.807, 2.05) is 4.57 Å². The predicted molar refractivity (Wildman–Crippen MR) is 77.0 cm³/mol. The molecule has 0 aromatic carbocycles. The zero-order valence-electron chi connectivity index (χ0n) is 11.9. The van der Waals surface area contributed by atoms with Crippen LogP contribution in [-0.4, -0.2) is 40.2 Å². The third-order valence-electron chi connectivity index (χ3n) is 3.04. The number of aliphatic hydroxyl groups excluding tert-OH is 1. The van der Waals surface area contributed by atoms with Crippen LogP contribution in [0.3, 0.4) is 0 Å². The highest BCUT2D eigenvalue weighted by atomic mass is 16.3. The van der Waals surface area contributed by atoms with Gasteiger partial charge in [0.25, 0.3) is 5.91 Å². The summed E-state index contributed by atoms with van der Waals surface area (Å²) in [6, 6.07) is 1.72. The van der Waals surface area contributed by atoms with Crippen LogP contribution in [0.5, 0.6) is 0 Å². The molecule has 0 fully saturated rings. The summed E-state index contributed by atoms with van der Waals surface area (Å²) in [5.74, 6) is -0.0485. The maximum absolute atomic E-state index is 12.5. The van der Waals surface area contributed by atoms with E-state index in [4.69, 9.17) is 10.8 Å². The molecule has 1 rings (SSSR count). The molecule has 5 nitrogen and oxygen atoms in total. The Morgan fingerprint density at radius 2 is 2.11 bits per heavy atom. The zero-order valence-corrected chi connectivity index (χ0v) is 11.9. The van der Waals surface area contributed by atoms with Gasteiger partial charge < -0.3 is 20.3 Å². The fraction of sp³-hybridized carbons (Fsp3) is 0.643. The number of amides is 1. The molecule has 5 heteroatoms. The van der Waals surface area contributed by atoms with Crippen molar-refractivity contribution >= 4 is 11.6 Å². The molecule has 0 aliphatic carbocycles.